The van der Waals surface area contributed by atoms with Crippen molar-refractivity contribution in [3.8, 4) is 0 Å². The summed E-state index contributed by atoms with van der Waals surface area (Å²) in [6.45, 7) is 2.10. The largest absolute Gasteiger partial charge is 0.369 e. The molecule has 2 aliphatic carbocycles. The zero-order valence-corrected chi connectivity index (χ0v) is 12.3. The predicted molar refractivity (Wildman–Crippen MR) is 79.5 cm³/mol. The standard InChI is InChI=1S/C18H24O2/c1-14(15-9-5-4-6-10-15)20-17-13-16(19)18(17)11-7-2-3-8-12-18/h4-6,9-10,14,17H,2-3,7-8,11-13H2,1H3. The second-order valence-electron chi connectivity index (χ2n) is 6.38. The van der Waals surface area contributed by atoms with Crippen LogP contribution in [0.4, 0.5) is 0 Å². The molecule has 1 aromatic carbocycles. The molecule has 1 aromatic rings. The highest BCUT2D eigenvalue weighted by Crippen LogP contribution is 2.50. The number of ether oxygens (including phenoxy) is 1. The predicted octanol–water partition coefficient (Wildman–Crippen LogP) is 4.45. The van der Waals surface area contributed by atoms with Gasteiger partial charge in [-0.15, -0.1) is 0 Å². The number of carbonyl (C=O) groups is 1. The molecule has 0 saturated heterocycles. The molecule has 0 bridgehead atoms. The third-order valence-electron chi connectivity index (χ3n) is 5.18. The lowest BCUT2D eigenvalue weighted by molar-refractivity contribution is -0.174. The minimum absolute atomic E-state index is 0.0782. The fraction of sp³-hybridized carbons (Fsp3) is 0.611. The van der Waals surface area contributed by atoms with E-state index in [1.165, 1.54) is 31.2 Å². The van der Waals surface area contributed by atoms with Crippen molar-refractivity contribution in [3.63, 3.8) is 0 Å². The Morgan fingerprint density at radius 2 is 1.75 bits per heavy atom. The van der Waals surface area contributed by atoms with Crippen molar-refractivity contribution in [1.29, 1.82) is 0 Å². The van der Waals surface area contributed by atoms with Crippen molar-refractivity contribution in [2.75, 3.05) is 0 Å². The minimum Gasteiger partial charge on any atom is -0.369 e. The Hall–Kier alpha value is -1.15. The molecule has 2 saturated carbocycles. The van der Waals surface area contributed by atoms with Crippen molar-refractivity contribution >= 4 is 5.78 Å². The van der Waals surface area contributed by atoms with Crippen LogP contribution in [0.2, 0.25) is 0 Å². The maximum atomic E-state index is 12.2. The van der Waals surface area contributed by atoms with Gasteiger partial charge in [0.1, 0.15) is 5.78 Å². The summed E-state index contributed by atoms with van der Waals surface area (Å²) in [7, 11) is 0. The number of hydrogen-bond acceptors (Lipinski definition) is 2. The van der Waals surface area contributed by atoms with Crippen LogP contribution in [0.15, 0.2) is 30.3 Å². The molecule has 0 aromatic heterocycles. The molecule has 0 heterocycles. The minimum atomic E-state index is -0.139. The monoisotopic (exact) mass is 272 g/mol. The zero-order chi connectivity index (χ0) is 14.0. The fourth-order valence-corrected chi connectivity index (χ4v) is 3.80. The molecule has 0 radical (unpaired) electrons. The van der Waals surface area contributed by atoms with Crippen molar-refractivity contribution in [1.82, 2.24) is 0 Å². The summed E-state index contributed by atoms with van der Waals surface area (Å²) >= 11 is 0. The van der Waals surface area contributed by atoms with Gasteiger partial charge >= 0.3 is 0 Å². The van der Waals surface area contributed by atoms with Gasteiger partial charge in [-0.25, -0.2) is 0 Å². The van der Waals surface area contributed by atoms with E-state index in [1.807, 2.05) is 18.2 Å². The van der Waals surface area contributed by atoms with E-state index in [2.05, 4.69) is 19.1 Å². The first-order valence-corrected chi connectivity index (χ1v) is 7.96. The van der Waals surface area contributed by atoms with E-state index in [-0.39, 0.29) is 17.6 Å². The number of rotatable bonds is 3. The molecule has 3 rings (SSSR count). The summed E-state index contributed by atoms with van der Waals surface area (Å²) in [4.78, 5) is 12.2. The van der Waals surface area contributed by atoms with E-state index in [9.17, 15) is 4.79 Å². The molecule has 2 nitrogen and oxygen atoms in total. The van der Waals surface area contributed by atoms with Gasteiger partial charge in [0.15, 0.2) is 0 Å². The van der Waals surface area contributed by atoms with Crippen LogP contribution in [-0.2, 0) is 9.53 Å². The molecular formula is C18H24O2. The molecule has 2 atom stereocenters. The number of Topliss-reactive ketones (excluding diaryl/α,β-unsaturated/α-hetero) is 1. The van der Waals surface area contributed by atoms with E-state index < -0.39 is 0 Å². The molecule has 2 aliphatic rings. The van der Waals surface area contributed by atoms with Crippen LogP contribution in [-0.4, -0.2) is 11.9 Å². The average molecular weight is 272 g/mol. The smallest absolute Gasteiger partial charge is 0.144 e. The van der Waals surface area contributed by atoms with E-state index in [0.717, 1.165) is 12.8 Å². The number of ketones is 1. The van der Waals surface area contributed by atoms with E-state index in [1.54, 1.807) is 0 Å². The highest BCUT2D eigenvalue weighted by Gasteiger charge is 2.55. The van der Waals surface area contributed by atoms with Crippen LogP contribution in [0.3, 0.4) is 0 Å². The third kappa shape index (κ3) is 2.42. The van der Waals surface area contributed by atoms with Crippen LogP contribution in [0, 0.1) is 5.41 Å². The van der Waals surface area contributed by atoms with Crippen molar-refractivity contribution in [2.24, 2.45) is 5.41 Å². The second kappa shape index (κ2) is 5.69. The van der Waals surface area contributed by atoms with Crippen LogP contribution < -0.4 is 0 Å². The van der Waals surface area contributed by atoms with Crippen molar-refractivity contribution in [3.05, 3.63) is 35.9 Å². The Kier molecular flexibility index (Phi) is 3.93. The topological polar surface area (TPSA) is 26.3 Å². The molecule has 0 N–H and O–H groups in total. The lowest BCUT2D eigenvalue weighted by atomic mass is 9.60. The van der Waals surface area contributed by atoms with Gasteiger partial charge in [-0.05, 0) is 25.3 Å². The lowest BCUT2D eigenvalue weighted by Gasteiger charge is -2.48. The highest BCUT2D eigenvalue weighted by molar-refractivity contribution is 5.92. The molecule has 2 fully saturated rings. The SMILES string of the molecule is CC(OC1CC(=O)C12CCCCCC2)c1ccccc1. The Labute approximate surface area is 121 Å². The number of carbonyl (C=O) groups excluding carboxylic acids is 1. The third-order valence-corrected chi connectivity index (χ3v) is 5.18. The molecule has 2 heteroatoms. The van der Waals surface area contributed by atoms with Crippen LogP contribution in [0.1, 0.15) is 63.5 Å². The maximum Gasteiger partial charge on any atom is 0.144 e. The Morgan fingerprint density at radius 3 is 2.35 bits per heavy atom. The van der Waals surface area contributed by atoms with Gasteiger partial charge in [-0.3, -0.25) is 4.79 Å². The van der Waals surface area contributed by atoms with E-state index in [4.69, 9.17) is 4.74 Å². The summed E-state index contributed by atoms with van der Waals surface area (Å²) < 4.78 is 6.27. The normalized spacial score (nSPS) is 26.9. The molecule has 20 heavy (non-hydrogen) atoms. The van der Waals surface area contributed by atoms with Gasteiger partial charge < -0.3 is 4.74 Å². The molecule has 0 aliphatic heterocycles. The fourth-order valence-electron chi connectivity index (χ4n) is 3.80. The Morgan fingerprint density at radius 1 is 1.10 bits per heavy atom. The second-order valence-corrected chi connectivity index (χ2v) is 6.38. The lowest BCUT2D eigenvalue weighted by Crippen LogP contribution is -2.55. The molecule has 108 valence electrons. The highest BCUT2D eigenvalue weighted by atomic mass is 16.5. The first kappa shape index (κ1) is 13.8. The van der Waals surface area contributed by atoms with E-state index in [0.29, 0.717) is 12.2 Å². The first-order valence-electron chi connectivity index (χ1n) is 7.96. The van der Waals surface area contributed by atoms with Crippen LogP contribution >= 0.6 is 0 Å². The van der Waals surface area contributed by atoms with Gasteiger partial charge in [0.05, 0.1) is 17.6 Å². The van der Waals surface area contributed by atoms with Crippen molar-refractivity contribution < 1.29 is 9.53 Å². The van der Waals surface area contributed by atoms with Crippen LogP contribution in [0.5, 0.6) is 0 Å². The number of benzene rings is 1. The molecule has 1 spiro atoms. The number of hydrogen-bond donors (Lipinski definition) is 0. The van der Waals surface area contributed by atoms with Crippen LogP contribution in [0.25, 0.3) is 0 Å². The maximum absolute atomic E-state index is 12.2. The summed E-state index contributed by atoms with van der Waals surface area (Å²) in [6.07, 6.45) is 7.84. The van der Waals surface area contributed by atoms with Gasteiger partial charge in [-0.1, -0.05) is 56.0 Å². The quantitative estimate of drug-likeness (QED) is 0.812. The van der Waals surface area contributed by atoms with E-state index >= 15 is 0 Å². The average Bonchev–Trinajstić information content (AvgIpc) is 2.76. The van der Waals surface area contributed by atoms with Crippen molar-refractivity contribution in [2.45, 2.75) is 64.1 Å². The Balaban J connectivity index is 1.69. The Bertz CT molecular complexity index is 458. The summed E-state index contributed by atoms with van der Waals surface area (Å²) in [6, 6.07) is 10.3. The van der Waals surface area contributed by atoms with Gasteiger partial charge in [-0.2, -0.15) is 0 Å². The molecule has 2 unspecified atom stereocenters. The molecule has 0 amide bonds. The summed E-state index contributed by atoms with van der Waals surface area (Å²) in [5.74, 6) is 0.449. The first-order chi connectivity index (χ1) is 9.72. The molecular weight excluding hydrogens is 248 g/mol. The summed E-state index contributed by atoms with van der Waals surface area (Å²) in [5.41, 5.74) is 1.06. The van der Waals surface area contributed by atoms with Gasteiger partial charge in [0, 0.05) is 6.42 Å². The summed E-state index contributed by atoms with van der Waals surface area (Å²) in [5, 5.41) is 0. The van der Waals surface area contributed by atoms with Gasteiger partial charge in [0.2, 0.25) is 0 Å². The van der Waals surface area contributed by atoms with Gasteiger partial charge in [0.25, 0.3) is 0 Å². The zero-order valence-electron chi connectivity index (χ0n) is 12.3.